The lowest BCUT2D eigenvalue weighted by molar-refractivity contribution is 0.493. The van der Waals surface area contributed by atoms with Crippen molar-refractivity contribution in [3.63, 3.8) is 0 Å². The standard InChI is InChI=1S/C12H11Cl2N3/c13-8-5-4-7-11(10(8)14)16-9-3-1-2-6-17(9)12(7)15/h4-5,15H,1-3,6H2. The summed E-state index contributed by atoms with van der Waals surface area (Å²) in [6.07, 6.45) is 3.14. The van der Waals surface area contributed by atoms with Gasteiger partial charge in [-0.25, -0.2) is 4.98 Å². The van der Waals surface area contributed by atoms with Gasteiger partial charge in [-0.15, -0.1) is 0 Å². The number of aromatic nitrogens is 2. The van der Waals surface area contributed by atoms with E-state index in [2.05, 4.69) is 4.98 Å². The molecule has 0 bridgehead atoms. The van der Waals surface area contributed by atoms with Gasteiger partial charge in [0.1, 0.15) is 11.3 Å². The second kappa shape index (κ2) is 4.00. The van der Waals surface area contributed by atoms with E-state index in [1.54, 1.807) is 6.07 Å². The molecule has 0 fully saturated rings. The van der Waals surface area contributed by atoms with Crippen LogP contribution >= 0.6 is 23.2 Å². The van der Waals surface area contributed by atoms with E-state index in [-0.39, 0.29) is 0 Å². The minimum absolute atomic E-state index is 0.451. The maximum atomic E-state index is 8.21. The summed E-state index contributed by atoms with van der Waals surface area (Å²) >= 11 is 12.1. The van der Waals surface area contributed by atoms with Crippen LogP contribution in [0.3, 0.4) is 0 Å². The first kappa shape index (κ1) is 11.1. The lowest BCUT2D eigenvalue weighted by Crippen LogP contribution is -2.28. The maximum absolute atomic E-state index is 8.21. The van der Waals surface area contributed by atoms with Crippen LogP contribution in [0.5, 0.6) is 0 Å². The maximum Gasteiger partial charge on any atom is 0.135 e. The fourth-order valence-electron chi connectivity index (χ4n) is 2.29. The van der Waals surface area contributed by atoms with Gasteiger partial charge in [-0.1, -0.05) is 23.2 Å². The summed E-state index contributed by atoms with van der Waals surface area (Å²) in [7, 11) is 0. The predicted octanol–water partition coefficient (Wildman–Crippen LogP) is 3.16. The summed E-state index contributed by atoms with van der Waals surface area (Å²) in [6.45, 7) is 0.872. The lowest BCUT2D eigenvalue weighted by atomic mass is 10.1. The molecule has 0 unspecified atom stereocenters. The Kier molecular flexibility index (Phi) is 2.60. The predicted molar refractivity (Wildman–Crippen MR) is 68.5 cm³/mol. The number of nitrogens with zero attached hydrogens (tertiary/aromatic N) is 2. The SMILES string of the molecule is N=c1c2ccc(Cl)c(Cl)c2nc2n1CCCC2. The van der Waals surface area contributed by atoms with Crippen molar-refractivity contribution in [3.05, 3.63) is 33.5 Å². The van der Waals surface area contributed by atoms with Crippen molar-refractivity contribution < 1.29 is 0 Å². The Bertz CT molecular complexity index is 661. The van der Waals surface area contributed by atoms with Crippen molar-refractivity contribution in [2.75, 3.05) is 0 Å². The van der Waals surface area contributed by atoms with Gasteiger partial charge >= 0.3 is 0 Å². The molecule has 3 nitrogen and oxygen atoms in total. The molecule has 1 aromatic carbocycles. The molecule has 0 spiro atoms. The van der Waals surface area contributed by atoms with Gasteiger partial charge in [0.05, 0.1) is 15.6 Å². The summed E-state index contributed by atoms with van der Waals surface area (Å²) in [5.41, 5.74) is 1.14. The fourth-order valence-corrected chi connectivity index (χ4v) is 2.65. The average Bonchev–Trinajstić information content (AvgIpc) is 2.35. The molecule has 88 valence electrons. The molecule has 0 radical (unpaired) electrons. The van der Waals surface area contributed by atoms with Gasteiger partial charge in [0.2, 0.25) is 0 Å². The molecule has 1 aromatic heterocycles. The zero-order valence-corrected chi connectivity index (χ0v) is 10.6. The highest BCUT2D eigenvalue weighted by Gasteiger charge is 2.15. The Balaban J connectivity index is 2.44. The van der Waals surface area contributed by atoms with E-state index in [0.717, 1.165) is 37.0 Å². The van der Waals surface area contributed by atoms with Crippen LogP contribution in [0.25, 0.3) is 10.9 Å². The number of benzene rings is 1. The van der Waals surface area contributed by atoms with Crippen molar-refractivity contribution in [1.82, 2.24) is 9.55 Å². The van der Waals surface area contributed by atoms with Gasteiger partial charge in [-0.2, -0.15) is 0 Å². The van der Waals surface area contributed by atoms with Crippen LogP contribution in [0.4, 0.5) is 0 Å². The fraction of sp³-hybridized carbons (Fsp3) is 0.333. The summed E-state index contributed by atoms with van der Waals surface area (Å²) in [5, 5.41) is 9.92. The quantitative estimate of drug-likeness (QED) is 0.783. The summed E-state index contributed by atoms with van der Waals surface area (Å²) in [5.74, 6) is 0.943. The average molecular weight is 268 g/mol. The molecule has 2 aromatic rings. The third-order valence-corrected chi connectivity index (χ3v) is 3.97. The summed E-state index contributed by atoms with van der Waals surface area (Å²) < 4.78 is 1.97. The van der Waals surface area contributed by atoms with E-state index in [1.165, 1.54) is 0 Å². The van der Waals surface area contributed by atoms with Crippen LogP contribution in [0.1, 0.15) is 18.7 Å². The molecule has 1 N–H and O–H groups in total. The van der Waals surface area contributed by atoms with Crippen molar-refractivity contribution in [2.24, 2.45) is 0 Å². The monoisotopic (exact) mass is 267 g/mol. The minimum atomic E-state index is 0.451. The first-order chi connectivity index (χ1) is 8.18. The lowest BCUT2D eigenvalue weighted by Gasteiger charge is -2.19. The van der Waals surface area contributed by atoms with E-state index >= 15 is 0 Å². The van der Waals surface area contributed by atoms with Gasteiger partial charge < -0.3 is 4.57 Å². The van der Waals surface area contributed by atoms with Crippen LogP contribution in [-0.2, 0) is 13.0 Å². The first-order valence-corrected chi connectivity index (χ1v) is 6.36. The zero-order valence-electron chi connectivity index (χ0n) is 9.13. The molecule has 1 aliphatic heterocycles. The van der Waals surface area contributed by atoms with Crippen LogP contribution in [0.15, 0.2) is 12.1 Å². The number of hydrogen-bond acceptors (Lipinski definition) is 2. The van der Waals surface area contributed by atoms with Crippen molar-refractivity contribution in [1.29, 1.82) is 5.41 Å². The van der Waals surface area contributed by atoms with E-state index in [9.17, 15) is 0 Å². The van der Waals surface area contributed by atoms with Crippen molar-refractivity contribution in [3.8, 4) is 0 Å². The van der Waals surface area contributed by atoms with Crippen LogP contribution in [-0.4, -0.2) is 9.55 Å². The molecular formula is C12H11Cl2N3. The molecule has 17 heavy (non-hydrogen) atoms. The molecule has 0 amide bonds. The molecule has 3 rings (SSSR count). The molecule has 2 heterocycles. The number of fused-ring (bicyclic) bond motifs is 2. The van der Waals surface area contributed by atoms with Gasteiger partial charge in [0, 0.05) is 18.4 Å². The van der Waals surface area contributed by atoms with Gasteiger partial charge in [0.25, 0.3) is 0 Å². The van der Waals surface area contributed by atoms with Gasteiger partial charge in [0.15, 0.2) is 0 Å². The third-order valence-electron chi connectivity index (χ3n) is 3.18. The van der Waals surface area contributed by atoms with E-state index in [4.69, 9.17) is 28.6 Å². The largest absolute Gasteiger partial charge is 0.314 e. The topological polar surface area (TPSA) is 41.7 Å². The Morgan fingerprint density at radius 2 is 2.06 bits per heavy atom. The number of aryl methyl sites for hydroxylation is 1. The first-order valence-electron chi connectivity index (χ1n) is 5.60. The van der Waals surface area contributed by atoms with Gasteiger partial charge in [-0.3, -0.25) is 5.41 Å². The van der Waals surface area contributed by atoms with E-state index in [0.29, 0.717) is 21.0 Å². The smallest absolute Gasteiger partial charge is 0.135 e. The highest BCUT2D eigenvalue weighted by Crippen LogP contribution is 2.28. The Morgan fingerprint density at radius 3 is 2.88 bits per heavy atom. The molecule has 0 aliphatic carbocycles. The summed E-state index contributed by atoms with van der Waals surface area (Å²) in [4.78, 5) is 4.56. The molecule has 0 saturated carbocycles. The van der Waals surface area contributed by atoms with Crippen LogP contribution < -0.4 is 5.49 Å². The molecule has 5 heteroatoms. The number of rotatable bonds is 0. The van der Waals surface area contributed by atoms with Crippen molar-refractivity contribution in [2.45, 2.75) is 25.8 Å². The van der Waals surface area contributed by atoms with E-state index < -0.39 is 0 Å². The Morgan fingerprint density at radius 1 is 1.24 bits per heavy atom. The molecular weight excluding hydrogens is 257 g/mol. The Hall–Kier alpha value is -1.06. The second-order valence-electron chi connectivity index (χ2n) is 4.24. The number of nitrogens with one attached hydrogen (secondary N) is 1. The molecule has 1 aliphatic rings. The zero-order chi connectivity index (χ0) is 12.0. The minimum Gasteiger partial charge on any atom is -0.314 e. The highest BCUT2D eigenvalue weighted by atomic mass is 35.5. The Labute approximate surface area is 109 Å². The normalized spacial score (nSPS) is 14.9. The second-order valence-corrected chi connectivity index (χ2v) is 5.03. The number of halogens is 2. The summed E-state index contributed by atoms with van der Waals surface area (Å²) in [6, 6.07) is 3.54. The molecule has 0 atom stereocenters. The van der Waals surface area contributed by atoms with Crippen molar-refractivity contribution >= 4 is 34.1 Å². The third kappa shape index (κ3) is 1.65. The van der Waals surface area contributed by atoms with Crippen LogP contribution in [0.2, 0.25) is 10.0 Å². The number of hydrogen-bond donors (Lipinski definition) is 1. The van der Waals surface area contributed by atoms with Crippen LogP contribution in [0, 0.1) is 5.41 Å². The highest BCUT2D eigenvalue weighted by molar-refractivity contribution is 6.44. The molecule has 0 saturated heterocycles. The van der Waals surface area contributed by atoms with E-state index in [1.807, 2.05) is 10.6 Å². The van der Waals surface area contributed by atoms with Gasteiger partial charge in [-0.05, 0) is 25.0 Å².